The minimum atomic E-state index is -0.651. The largest absolute Gasteiger partial charge is 0.363 e. The van der Waals surface area contributed by atoms with Crippen LogP contribution in [-0.2, 0) is 19.4 Å². The van der Waals surface area contributed by atoms with Gasteiger partial charge in [0, 0.05) is 12.8 Å². The van der Waals surface area contributed by atoms with Crippen molar-refractivity contribution in [1.82, 2.24) is 24.9 Å². The molecule has 8 nitrogen and oxygen atoms in total. The second-order valence-electron chi connectivity index (χ2n) is 5.83. The molecule has 2 N–H and O–H groups in total. The summed E-state index contributed by atoms with van der Waals surface area (Å²) in [7, 11) is 0. The quantitative estimate of drug-likeness (QED) is 0.700. The fourth-order valence-corrected chi connectivity index (χ4v) is 2.55. The number of amides is 1. The second kappa shape index (κ2) is 7.25. The van der Waals surface area contributed by atoms with Crippen LogP contribution in [0.4, 0.5) is 0 Å². The Morgan fingerprint density at radius 1 is 1.28 bits per heavy atom. The first-order chi connectivity index (χ1) is 12.1. The number of benzene rings is 1. The lowest BCUT2D eigenvalue weighted by Crippen LogP contribution is -2.14. The zero-order chi connectivity index (χ0) is 17.8. The molecule has 0 fully saturated rings. The predicted molar refractivity (Wildman–Crippen MR) is 89.9 cm³/mol. The Bertz CT molecular complexity index is 883. The number of rotatable bonds is 7. The van der Waals surface area contributed by atoms with Crippen LogP contribution in [0.2, 0.25) is 0 Å². The molecule has 0 saturated heterocycles. The number of hydrogen-bond acceptors (Lipinski definition) is 6. The smallest absolute Gasteiger partial charge is 0.288 e. The highest BCUT2D eigenvalue weighted by Crippen LogP contribution is 2.12. The maximum Gasteiger partial charge on any atom is 0.288 e. The SMILES string of the molecule is CCCc1nc(C(N)=O)nn1Cc1nc(Cc2ccccc2C)no1. The number of carbonyl (C=O) groups excluding carboxylic acids is 1. The Kier molecular flexibility index (Phi) is 4.87. The number of carbonyl (C=O) groups is 1. The van der Waals surface area contributed by atoms with Gasteiger partial charge in [0.2, 0.25) is 11.7 Å². The first-order valence-corrected chi connectivity index (χ1v) is 8.16. The Balaban J connectivity index is 1.77. The highest BCUT2D eigenvalue weighted by Gasteiger charge is 2.16. The van der Waals surface area contributed by atoms with Crippen molar-refractivity contribution in [2.75, 3.05) is 0 Å². The van der Waals surface area contributed by atoms with Crippen LogP contribution in [-0.4, -0.2) is 30.8 Å². The van der Waals surface area contributed by atoms with Crippen molar-refractivity contribution in [2.45, 2.75) is 39.7 Å². The van der Waals surface area contributed by atoms with Gasteiger partial charge in [-0.2, -0.15) is 4.98 Å². The number of aryl methyl sites for hydroxylation is 2. The number of aromatic nitrogens is 5. The molecule has 0 atom stereocenters. The summed E-state index contributed by atoms with van der Waals surface area (Å²) in [5, 5.41) is 8.16. The van der Waals surface area contributed by atoms with Crippen molar-refractivity contribution in [1.29, 1.82) is 0 Å². The summed E-state index contributed by atoms with van der Waals surface area (Å²) in [4.78, 5) is 19.9. The maximum absolute atomic E-state index is 11.3. The van der Waals surface area contributed by atoms with Crippen LogP contribution in [0.25, 0.3) is 0 Å². The van der Waals surface area contributed by atoms with E-state index in [9.17, 15) is 4.79 Å². The minimum absolute atomic E-state index is 0.00287. The lowest BCUT2D eigenvalue weighted by Gasteiger charge is -2.01. The van der Waals surface area contributed by atoms with Crippen LogP contribution in [0.15, 0.2) is 28.8 Å². The molecule has 0 bridgehead atoms. The molecule has 3 rings (SSSR count). The van der Waals surface area contributed by atoms with E-state index < -0.39 is 5.91 Å². The summed E-state index contributed by atoms with van der Waals surface area (Å²) in [5.74, 6) is 1.05. The molecular formula is C17H20N6O2. The lowest BCUT2D eigenvalue weighted by molar-refractivity contribution is 0.0990. The van der Waals surface area contributed by atoms with Gasteiger partial charge in [0.1, 0.15) is 12.4 Å². The van der Waals surface area contributed by atoms with Gasteiger partial charge in [-0.05, 0) is 24.5 Å². The molecule has 2 heterocycles. The fraction of sp³-hybridized carbons (Fsp3) is 0.353. The van der Waals surface area contributed by atoms with Crippen LogP contribution in [0.1, 0.15) is 52.6 Å². The van der Waals surface area contributed by atoms with Crippen molar-refractivity contribution in [3.05, 3.63) is 58.8 Å². The third-order valence-corrected chi connectivity index (χ3v) is 3.85. The van der Waals surface area contributed by atoms with Gasteiger partial charge in [0.15, 0.2) is 5.82 Å². The zero-order valence-electron chi connectivity index (χ0n) is 14.3. The van der Waals surface area contributed by atoms with E-state index >= 15 is 0 Å². The molecule has 130 valence electrons. The topological polar surface area (TPSA) is 113 Å². The van der Waals surface area contributed by atoms with Crippen molar-refractivity contribution in [3.63, 3.8) is 0 Å². The summed E-state index contributed by atoms with van der Waals surface area (Å²) >= 11 is 0. The molecular weight excluding hydrogens is 320 g/mol. The Morgan fingerprint density at radius 3 is 2.80 bits per heavy atom. The van der Waals surface area contributed by atoms with Gasteiger partial charge in [-0.1, -0.05) is 36.3 Å². The van der Waals surface area contributed by atoms with Crippen molar-refractivity contribution < 1.29 is 9.32 Å². The van der Waals surface area contributed by atoms with Gasteiger partial charge in [-0.25, -0.2) is 9.67 Å². The van der Waals surface area contributed by atoms with Crippen molar-refractivity contribution in [2.24, 2.45) is 5.73 Å². The molecule has 0 spiro atoms. The van der Waals surface area contributed by atoms with E-state index in [0.717, 1.165) is 12.0 Å². The molecule has 0 saturated carbocycles. The number of primary amides is 1. The van der Waals surface area contributed by atoms with E-state index in [2.05, 4.69) is 20.2 Å². The van der Waals surface area contributed by atoms with E-state index in [0.29, 0.717) is 30.4 Å². The zero-order valence-corrected chi connectivity index (χ0v) is 14.3. The van der Waals surface area contributed by atoms with Gasteiger partial charge < -0.3 is 10.3 Å². The van der Waals surface area contributed by atoms with Gasteiger partial charge in [-0.3, -0.25) is 4.79 Å². The number of hydrogen-bond donors (Lipinski definition) is 1. The molecule has 0 aliphatic heterocycles. The molecule has 1 aromatic carbocycles. The Hall–Kier alpha value is -3.03. The average molecular weight is 340 g/mol. The highest BCUT2D eigenvalue weighted by atomic mass is 16.5. The van der Waals surface area contributed by atoms with Crippen molar-refractivity contribution >= 4 is 5.91 Å². The first kappa shape index (κ1) is 16.8. The number of nitrogens with two attached hydrogens (primary N) is 1. The molecule has 0 unspecified atom stereocenters. The van der Waals surface area contributed by atoms with E-state index in [1.165, 1.54) is 5.56 Å². The van der Waals surface area contributed by atoms with E-state index in [4.69, 9.17) is 10.3 Å². The second-order valence-corrected chi connectivity index (χ2v) is 5.83. The molecule has 1 amide bonds. The summed E-state index contributed by atoms with van der Waals surface area (Å²) in [6.45, 7) is 4.33. The Morgan fingerprint density at radius 2 is 2.08 bits per heavy atom. The molecule has 0 aliphatic carbocycles. The lowest BCUT2D eigenvalue weighted by atomic mass is 10.1. The molecule has 2 aromatic heterocycles. The van der Waals surface area contributed by atoms with Crippen LogP contribution in [0.5, 0.6) is 0 Å². The average Bonchev–Trinajstić information content (AvgIpc) is 3.18. The molecule has 0 radical (unpaired) electrons. The molecule has 8 heteroatoms. The fourth-order valence-electron chi connectivity index (χ4n) is 2.55. The van der Waals surface area contributed by atoms with Gasteiger partial charge in [-0.15, -0.1) is 5.10 Å². The summed E-state index contributed by atoms with van der Waals surface area (Å²) < 4.78 is 6.91. The highest BCUT2D eigenvalue weighted by molar-refractivity contribution is 5.88. The standard InChI is InChI=1S/C17H20N6O2/c1-3-6-14-20-17(16(18)24)21-23(14)10-15-19-13(22-25-15)9-12-8-5-4-7-11(12)2/h4-5,7-8H,3,6,9-10H2,1-2H3,(H2,18,24). The normalized spacial score (nSPS) is 11.0. The minimum Gasteiger partial charge on any atom is -0.363 e. The molecule has 3 aromatic rings. The predicted octanol–water partition coefficient (Wildman–Crippen LogP) is 1.66. The molecule has 25 heavy (non-hydrogen) atoms. The monoisotopic (exact) mass is 340 g/mol. The maximum atomic E-state index is 11.3. The van der Waals surface area contributed by atoms with E-state index in [1.54, 1.807) is 4.68 Å². The molecule has 0 aliphatic rings. The van der Waals surface area contributed by atoms with Crippen molar-refractivity contribution in [3.8, 4) is 0 Å². The van der Waals surface area contributed by atoms with Crippen LogP contribution in [0.3, 0.4) is 0 Å². The number of nitrogens with zero attached hydrogens (tertiary/aromatic N) is 5. The van der Waals surface area contributed by atoms with Crippen LogP contribution in [0, 0.1) is 6.92 Å². The van der Waals surface area contributed by atoms with Gasteiger partial charge in [0.05, 0.1) is 0 Å². The third-order valence-electron chi connectivity index (χ3n) is 3.85. The third kappa shape index (κ3) is 3.90. The first-order valence-electron chi connectivity index (χ1n) is 8.16. The summed E-state index contributed by atoms with van der Waals surface area (Å²) in [6, 6.07) is 8.08. The summed E-state index contributed by atoms with van der Waals surface area (Å²) in [6.07, 6.45) is 2.16. The van der Waals surface area contributed by atoms with E-state index in [-0.39, 0.29) is 12.4 Å². The van der Waals surface area contributed by atoms with E-state index in [1.807, 2.05) is 38.1 Å². The van der Waals surface area contributed by atoms with Crippen LogP contribution >= 0.6 is 0 Å². The van der Waals surface area contributed by atoms with Gasteiger partial charge in [0.25, 0.3) is 5.91 Å². The van der Waals surface area contributed by atoms with Gasteiger partial charge >= 0.3 is 0 Å². The Labute approximate surface area is 145 Å². The summed E-state index contributed by atoms with van der Waals surface area (Å²) in [5.41, 5.74) is 7.59. The van der Waals surface area contributed by atoms with Crippen LogP contribution < -0.4 is 5.73 Å².